The highest BCUT2D eigenvalue weighted by Gasteiger charge is 2.11. The van der Waals surface area contributed by atoms with Gasteiger partial charge in [-0.15, -0.1) is 0 Å². The second-order valence-electron chi connectivity index (χ2n) is 11.2. The molecule has 0 N–H and O–H groups in total. The zero-order valence-electron chi connectivity index (χ0n) is 27.6. The molecule has 0 bridgehead atoms. The van der Waals surface area contributed by atoms with E-state index in [0.717, 1.165) is 5.70 Å². The fourth-order valence-corrected chi connectivity index (χ4v) is 5.92. The molecule has 0 aliphatic heterocycles. The van der Waals surface area contributed by atoms with Crippen LogP contribution in [0, 0.1) is 6.92 Å². The van der Waals surface area contributed by atoms with E-state index in [1.165, 1.54) is 60.3 Å². The summed E-state index contributed by atoms with van der Waals surface area (Å²) in [5.74, 6) is 0. The zero-order valence-corrected chi connectivity index (χ0v) is 27.6. The molecule has 232 valence electrons. The smallest absolute Gasteiger partial charge is 0.0541 e. The Morgan fingerprint density at radius 3 is 1.81 bits per heavy atom. The average Bonchev–Trinajstić information content (AvgIpc) is 3.62. The molecule has 0 spiro atoms. The normalized spacial score (nSPS) is 11.5. The van der Waals surface area contributed by atoms with E-state index in [4.69, 9.17) is 0 Å². The second-order valence-corrected chi connectivity index (χ2v) is 11.2. The lowest BCUT2D eigenvalue weighted by Gasteiger charge is -2.08. The Morgan fingerprint density at radius 1 is 0.596 bits per heavy atom. The van der Waals surface area contributed by atoms with E-state index in [0.29, 0.717) is 0 Å². The molecule has 7 rings (SSSR count). The van der Waals surface area contributed by atoms with Gasteiger partial charge in [0.1, 0.15) is 0 Å². The largest absolute Gasteiger partial charge is 0.344 e. The van der Waals surface area contributed by atoms with Crippen LogP contribution >= 0.6 is 0 Å². The molecule has 0 atom stereocenters. The van der Waals surface area contributed by atoms with Gasteiger partial charge in [0.2, 0.25) is 0 Å². The topological polar surface area (TPSA) is 9.86 Å². The van der Waals surface area contributed by atoms with E-state index in [9.17, 15) is 0 Å². The van der Waals surface area contributed by atoms with Crippen molar-refractivity contribution in [1.82, 2.24) is 9.13 Å². The van der Waals surface area contributed by atoms with Crippen LogP contribution in [0.5, 0.6) is 0 Å². The molecule has 0 saturated carbocycles. The highest BCUT2D eigenvalue weighted by atomic mass is 15.0. The Hall–Kier alpha value is -5.86. The molecule has 2 aromatic heterocycles. The number of rotatable bonds is 6. The molecule has 0 unspecified atom stereocenters. The Balaban J connectivity index is 0.000000167. The number of fused-ring (bicyclic) bond motifs is 6. The molecule has 2 heterocycles. The highest BCUT2D eigenvalue weighted by Crippen LogP contribution is 2.32. The Morgan fingerprint density at radius 2 is 1.19 bits per heavy atom. The summed E-state index contributed by atoms with van der Waals surface area (Å²) in [5.41, 5.74) is 8.63. The summed E-state index contributed by atoms with van der Waals surface area (Å²) in [6.07, 6.45) is 15.7. The van der Waals surface area contributed by atoms with Gasteiger partial charge in [-0.1, -0.05) is 141 Å². The third-order valence-electron chi connectivity index (χ3n) is 8.24. The molecule has 2 heteroatoms. The van der Waals surface area contributed by atoms with Crippen molar-refractivity contribution in [3.63, 3.8) is 0 Å². The first kappa shape index (κ1) is 32.5. The van der Waals surface area contributed by atoms with Crippen molar-refractivity contribution in [3.05, 3.63) is 188 Å². The van der Waals surface area contributed by atoms with E-state index in [-0.39, 0.29) is 0 Å². The van der Waals surface area contributed by atoms with Crippen LogP contribution < -0.4 is 0 Å². The SMILES string of the molecule is C=C/C=C(\C=C/C)n1c2ccccc2c2ccccc21.C=CC=C.Cc1ccccc1/C=C\c1cc2c3ccccc3ccc2n1C. The van der Waals surface area contributed by atoms with Crippen LogP contribution in [0.3, 0.4) is 0 Å². The van der Waals surface area contributed by atoms with Crippen molar-refractivity contribution in [2.75, 3.05) is 0 Å². The summed E-state index contributed by atoms with van der Waals surface area (Å²) in [4.78, 5) is 0. The molecule has 2 nitrogen and oxygen atoms in total. The molecular formula is C45H42N2. The monoisotopic (exact) mass is 610 g/mol. The van der Waals surface area contributed by atoms with Crippen molar-refractivity contribution >= 4 is 61.3 Å². The van der Waals surface area contributed by atoms with Gasteiger partial charge in [-0.2, -0.15) is 0 Å². The first-order chi connectivity index (χ1) is 23.0. The van der Waals surface area contributed by atoms with Crippen LogP contribution in [0.25, 0.3) is 61.3 Å². The minimum absolute atomic E-state index is 1.12. The van der Waals surface area contributed by atoms with Crippen LogP contribution in [0.15, 0.2) is 171 Å². The molecule has 0 fully saturated rings. The van der Waals surface area contributed by atoms with Gasteiger partial charge >= 0.3 is 0 Å². The first-order valence-corrected chi connectivity index (χ1v) is 15.9. The van der Waals surface area contributed by atoms with Gasteiger partial charge in [-0.25, -0.2) is 0 Å². The Labute approximate surface area is 278 Å². The Bertz CT molecular complexity index is 2220. The lowest BCUT2D eigenvalue weighted by atomic mass is 10.1. The molecule has 5 aromatic carbocycles. The number of hydrogen-bond donors (Lipinski definition) is 0. The van der Waals surface area contributed by atoms with Gasteiger partial charge in [-0.05, 0) is 78.2 Å². The van der Waals surface area contributed by atoms with Gasteiger partial charge in [0.15, 0.2) is 0 Å². The minimum atomic E-state index is 1.12. The van der Waals surface area contributed by atoms with E-state index in [2.05, 4.69) is 182 Å². The number of aryl methyl sites for hydroxylation is 2. The maximum Gasteiger partial charge on any atom is 0.0541 e. The first-order valence-electron chi connectivity index (χ1n) is 15.9. The minimum Gasteiger partial charge on any atom is -0.344 e. The van der Waals surface area contributed by atoms with E-state index >= 15 is 0 Å². The van der Waals surface area contributed by atoms with Gasteiger partial charge in [0.05, 0.1) is 11.0 Å². The molecule has 0 aliphatic rings. The van der Waals surface area contributed by atoms with Crippen LogP contribution in [0.1, 0.15) is 23.7 Å². The molecule has 0 saturated heterocycles. The third kappa shape index (κ3) is 7.03. The van der Waals surface area contributed by atoms with Gasteiger partial charge in [-0.3, -0.25) is 0 Å². The number of hydrogen-bond acceptors (Lipinski definition) is 0. The van der Waals surface area contributed by atoms with Crippen molar-refractivity contribution in [2.45, 2.75) is 13.8 Å². The van der Waals surface area contributed by atoms with Crippen molar-refractivity contribution in [3.8, 4) is 0 Å². The van der Waals surface area contributed by atoms with Crippen LogP contribution in [-0.2, 0) is 7.05 Å². The number of nitrogens with zero attached hydrogens (tertiary/aromatic N) is 2. The summed E-state index contributed by atoms with van der Waals surface area (Å²) in [7, 11) is 2.13. The summed E-state index contributed by atoms with van der Waals surface area (Å²) in [6, 6.07) is 40.8. The van der Waals surface area contributed by atoms with Gasteiger partial charge < -0.3 is 9.13 Å². The quantitative estimate of drug-likeness (QED) is 0.166. The standard InChI is InChI=1S/C22H19N.C19H17N.C4H6/c1-16-7-3-4-8-17(16)11-13-19-15-21-20-10-6-5-9-18(20)12-14-22(21)23(19)2;1-3-9-15(10-4-2)20-18-13-7-5-11-16(18)17-12-6-8-14-19(17)20;1-3-4-2/h3-15H,1-2H3;3-14H,1H2,2H3;3-4H,1-2H2/b13-11-;10-4-,15-9+;. The zero-order chi connectivity index (χ0) is 33.2. The second kappa shape index (κ2) is 15.4. The van der Waals surface area contributed by atoms with Gasteiger partial charge in [0, 0.05) is 40.1 Å². The number of allylic oxidation sites excluding steroid dienone is 7. The molecule has 0 radical (unpaired) electrons. The van der Waals surface area contributed by atoms with Crippen molar-refractivity contribution in [2.24, 2.45) is 7.05 Å². The lowest BCUT2D eigenvalue weighted by molar-refractivity contribution is 0.955. The fraction of sp³-hybridized carbons (Fsp3) is 0.0667. The number of aromatic nitrogens is 2. The number of para-hydroxylation sites is 2. The molecular weight excluding hydrogens is 569 g/mol. The summed E-state index contributed by atoms with van der Waals surface area (Å²) in [6.45, 7) is 14.7. The predicted molar refractivity (Wildman–Crippen MR) is 210 cm³/mol. The third-order valence-corrected chi connectivity index (χ3v) is 8.24. The van der Waals surface area contributed by atoms with E-state index < -0.39 is 0 Å². The van der Waals surface area contributed by atoms with Gasteiger partial charge in [0.25, 0.3) is 0 Å². The number of benzene rings is 5. The van der Waals surface area contributed by atoms with E-state index in [1.54, 1.807) is 12.2 Å². The van der Waals surface area contributed by atoms with Crippen molar-refractivity contribution in [1.29, 1.82) is 0 Å². The van der Waals surface area contributed by atoms with Crippen LogP contribution in [-0.4, -0.2) is 9.13 Å². The Kier molecular flexibility index (Phi) is 10.7. The maximum atomic E-state index is 3.83. The predicted octanol–water partition coefficient (Wildman–Crippen LogP) is 12.6. The molecule has 0 aliphatic carbocycles. The van der Waals surface area contributed by atoms with Crippen LogP contribution in [0.4, 0.5) is 0 Å². The van der Waals surface area contributed by atoms with Crippen molar-refractivity contribution < 1.29 is 0 Å². The van der Waals surface area contributed by atoms with Crippen LogP contribution in [0.2, 0.25) is 0 Å². The molecule has 47 heavy (non-hydrogen) atoms. The summed E-state index contributed by atoms with van der Waals surface area (Å²) in [5, 5.41) is 6.48. The summed E-state index contributed by atoms with van der Waals surface area (Å²) < 4.78 is 4.54. The highest BCUT2D eigenvalue weighted by molar-refractivity contribution is 6.10. The average molecular weight is 611 g/mol. The van der Waals surface area contributed by atoms with E-state index in [1.807, 2.05) is 19.1 Å². The molecule has 0 amide bonds. The maximum absolute atomic E-state index is 3.83. The fourth-order valence-electron chi connectivity index (χ4n) is 5.92. The molecule has 7 aromatic rings. The summed E-state index contributed by atoms with van der Waals surface area (Å²) >= 11 is 0. The lowest BCUT2D eigenvalue weighted by Crippen LogP contribution is -1.93.